The van der Waals surface area contributed by atoms with Crippen LogP contribution >= 0.6 is 0 Å². The van der Waals surface area contributed by atoms with Crippen LogP contribution in [0.3, 0.4) is 0 Å². The molecule has 0 radical (unpaired) electrons. The minimum absolute atomic E-state index is 0.485. The van der Waals surface area contributed by atoms with Gasteiger partial charge in [-0.3, -0.25) is 0 Å². The Morgan fingerprint density at radius 3 is 2.58 bits per heavy atom. The fourth-order valence-electron chi connectivity index (χ4n) is 3.41. The summed E-state index contributed by atoms with van der Waals surface area (Å²) < 4.78 is 5.52. The average Bonchev–Trinajstić information content (AvgIpc) is 3.20. The molecule has 2 N–H and O–H groups in total. The van der Waals surface area contributed by atoms with E-state index in [9.17, 15) is 5.26 Å². The minimum Gasteiger partial charge on any atom is -0.478 e. The number of aromatic amines is 1. The van der Waals surface area contributed by atoms with Gasteiger partial charge in [0.25, 0.3) is 0 Å². The van der Waals surface area contributed by atoms with Gasteiger partial charge in [-0.05, 0) is 35.7 Å². The number of ether oxygens (including phenoxy) is 1. The van der Waals surface area contributed by atoms with Crippen LogP contribution in [0.4, 0.5) is 5.69 Å². The standard InChI is InChI=1S/C25H21N5O/c26-13-3-4-14-31-24-12-7-18(17-29-24)16-28-20-10-8-19(9-11-20)25-21-5-1-2-6-22(21)30-23(25)15-27/h1-2,5-12,17,28,30H,3-4,14,16H2. The Morgan fingerprint density at radius 1 is 1.00 bits per heavy atom. The molecule has 2 aromatic heterocycles. The lowest BCUT2D eigenvalue weighted by Gasteiger charge is -2.09. The van der Waals surface area contributed by atoms with E-state index in [2.05, 4.69) is 27.4 Å². The maximum Gasteiger partial charge on any atom is 0.213 e. The molecule has 4 aromatic rings. The highest BCUT2D eigenvalue weighted by Crippen LogP contribution is 2.32. The maximum absolute atomic E-state index is 9.52. The summed E-state index contributed by atoms with van der Waals surface area (Å²) in [6.45, 7) is 1.13. The largest absolute Gasteiger partial charge is 0.478 e. The molecular weight excluding hydrogens is 386 g/mol. The Morgan fingerprint density at radius 2 is 1.84 bits per heavy atom. The van der Waals surface area contributed by atoms with Crippen LogP contribution in [0.5, 0.6) is 5.88 Å². The van der Waals surface area contributed by atoms with E-state index < -0.39 is 0 Å². The van der Waals surface area contributed by atoms with Crippen LogP contribution in [-0.2, 0) is 6.54 Å². The molecule has 31 heavy (non-hydrogen) atoms. The number of nitrogens with one attached hydrogen (secondary N) is 2. The van der Waals surface area contributed by atoms with Gasteiger partial charge in [-0.15, -0.1) is 0 Å². The first-order valence-electron chi connectivity index (χ1n) is 10.1. The number of pyridine rings is 1. The molecule has 2 aromatic carbocycles. The van der Waals surface area contributed by atoms with Gasteiger partial charge in [-0.25, -0.2) is 4.98 Å². The zero-order valence-electron chi connectivity index (χ0n) is 16.9. The first-order valence-corrected chi connectivity index (χ1v) is 10.1. The first kappa shape index (κ1) is 20.0. The summed E-state index contributed by atoms with van der Waals surface area (Å²) in [6, 6.07) is 24.2. The van der Waals surface area contributed by atoms with Gasteiger partial charge in [0.05, 0.1) is 12.7 Å². The molecule has 0 bridgehead atoms. The molecule has 0 aliphatic rings. The molecule has 4 rings (SSSR count). The van der Waals surface area contributed by atoms with E-state index in [1.54, 1.807) is 6.20 Å². The van der Waals surface area contributed by atoms with E-state index in [-0.39, 0.29) is 0 Å². The van der Waals surface area contributed by atoms with Crippen LogP contribution in [0.15, 0.2) is 66.9 Å². The van der Waals surface area contributed by atoms with Crippen LogP contribution < -0.4 is 10.1 Å². The van der Waals surface area contributed by atoms with Crippen molar-refractivity contribution in [3.05, 3.63) is 78.1 Å². The number of para-hydroxylation sites is 1. The van der Waals surface area contributed by atoms with Crippen LogP contribution in [0, 0.1) is 22.7 Å². The highest BCUT2D eigenvalue weighted by Gasteiger charge is 2.12. The fourth-order valence-corrected chi connectivity index (χ4v) is 3.41. The molecule has 0 unspecified atom stereocenters. The van der Waals surface area contributed by atoms with Crippen molar-refractivity contribution >= 4 is 16.6 Å². The lowest BCUT2D eigenvalue weighted by atomic mass is 10.0. The Balaban J connectivity index is 1.40. The Labute approximate surface area is 180 Å². The van der Waals surface area contributed by atoms with Gasteiger partial charge in [-0.2, -0.15) is 10.5 Å². The SMILES string of the molecule is N#CCCCOc1ccc(CNc2ccc(-c3c(C#N)[nH]c4ccccc34)cc2)cn1. The molecule has 0 saturated carbocycles. The van der Waals surface area contributed by atoms with Crippen molar-refractivity contribution in [3.63, 3.8) is 0 Å². The molecule has 0 saturated heterocycles. The monoisotopic (exact) mass is 407 g/mol. The second-order valence-corrected chi connectivity index (χ2v) is 7.08. The van der Waals surface area contributed by atoms with E-state index in [4.69, 9.17) is 10.00 Å². The third-order valence-electron chi connectivity index (χ3n) is 4.97. The summed E-state index contributed by atoms with van der Waals surface area (Å²) >= 11 is 0. The van der Waals surface area contributed by atoms with Crippen molar-refractivity contribution in [2.75, 3.05) is 11.9 Å². The Bertz CT molecular complexity index is 1240. The highest BCUT2D eigenvalue weighted by atomic mass is 16.5. The molecular formula is C25H21N5O. The summed E-state index contributed by atoms with van der Waals surface area (Å²) in [5, 5.41) is 22.5. The van der Waals surface area contributed by atoms with E-state index in [0.717, 1.165) is 33.3 Å². The molecule has 6 heteroatoms. The van der Waals surface area contributed by atoms with E-state index in [1.807, 2.05) is 60.7 Å². The topological polar surface area (TPSA) is 97.5 Å². The molecule has 0 spiro atoms. The second kappa shape index (κ2) is 9.47. The van der Waals surface area contributed by atoms with Crippen LogP contribution in [0.2, 0.25) is 0 Å². The Kier molecular flexibility index (Phi) is 6.11. The number of aromatic nitrogens is 2. The fraction of sp³-hybridized carbons (Fsp3) is 0.160. The molecule has 0 fully saturated rings. The Hall–Kier alpha value is -4.29. The van der Waals surface area contributed by atoms with Gasteiger partial charge < -0.3 is 15.0 Å². The third kappa shape index (κ3) is 4.66. The summed E-state index contributed by atoms with van der Waals surface area (Å²) in [4.78, 5) is 7.49. The van der Waals surface area contributed by atoms with Crippen LogP contribution in [0.25, 0.3) is 22.0 Å². The maximum atomic E-state index is 9.52. The molecule has 0 aliphatic carbocycles. The molecule has 0 amide bonds. The number of unbranched alkanes of at least 4 members (excludes halogenated alkanes) is 1. The van der Waals surface area contributed by atoms with Crippen molar-refractivity contribution in [3.8, 4) is 29.1 Å². The quantitative estimate of drug-likeness (QED) is 0.381. The molecule has 0 atom stereocenters. The summed E-state index contributed by atoms with van der Waals surface area (Å²) in [7, 11) is 0. The number of fused-ring (bicyclic) bond motifs is 1. The highest BCUT2D eigenvalue weighted by molar-refractivity contribution is 5.98. The van der Waals surface area contributed by atoms with E-state index in [1.165, 1.54) is 0 Å². The van der Waals surface area contributed by atoms with Gasteiger partial charge in [-0.1, -0.05) is 36.4 Å². The predicted molar refractivity (Wildman–Crippen MR) is 120 cm³/mol. The van der Waals surface area contributed by atoms with Crippen molar-refractivity contribution in [1.82, 2.24) is 9.97 Å². The minimum atomic E-state index is 0.485. The normalized spacial score (nSPS) is 10.4. The van der Waals surface area contributed by atoms with Gasteiger partial charge in [0.1, 0.15) is 11.8 Å². The van der Waals surface area contributed by atoms with Gasteiger partial charge in [0.2, 0.25) is 5.88 Å². The van der Waals surface area contributed by atoms with Crippen molar-refractivity contribution in [2.45, 2.75) is 19.4 Å². The van der Waals surface area contributed by atoms with E-state index >= 15 is 0 Å². The summed E-state index contributed by atoms with van der Waals surface area (Å²) in [5.74, 6) is 0.568. The molecule has 2 heterocycles. The van der Waals surface area contributed by atoms with Crippen LogP contribution in [-0.4, -0.2) is 16.6 Å². The van der Waals surface area contributed by atoms with Gasteiger partial charge in [0.15, 0.2) is 0 Å². The number of rotatable bonds is 8. The van der Waals surface area contributed by atoms with E-state index in [0.29, 0.717) is 37.6 Å². The van der Waals surface area contributed by atoms with Gasteiger partial charge >= 0.3 is 0 Å². The first-order chi connectivity index (χ1) is 15.3. The molecule has 0 aliphatic heterocycles. The average molecular weight is 407 g/mol. The summed E-state index contributed by atoms with van der Waals surface area (Å²) in [5.41, 5.74) is 5.48. The second-order valence-electron chi connectivity index (χ2n) is 7.08. The molecule has 152 valence electrons. The third-order valence-corrected chi connectivity index (χ3v) is 4.97. The number of hydrogen-bond acceptors (Lipinski definition) is 5. The lowest BCUT2D eigenvalue weighted by molar-refractivity contribution is 0.300. The number of hydrogen-bond donors (Lipinski definition) is 2. The zero-order valence-corrected chi connectivity index (χ0v) is 16.9. The predicted octanol–water partition coefficient (Wildman–Crippen LogP) is 5.40. The smallest absolute Gasteiger partial charge is 0.213 e. The number of nitriles is 2. The van der Waals surface area contributed by atoms with Crippen LogP contribution in [0.1, 0.15) is 24.1 Å². The summed E-state index contributed by atoms with van der Waals surface area (Å²) in [6.07, 6.45) is 2.97. The number of nitrogens with zero attached hydrogens (tertiary/aromatic N) is 3. The van der Waals surface area contributed by atoms with Gasteiger partial charge in [0, 0.05) is 47.4 Å². The van der Waals surface area contributed by atoms with Crippen molar-refractivity contribution in [1.29, 1.82) is 10.5 Å². The van der Waals surface area contributed by atoms with Crippen molar-refractivity contribution in [2.24, 2.45) is 0 Å². The van der Waals surface area contributed by atoms with Crippen molar-refractivity contribution < 1.29 is 4.74 Å². The lowest BCUT2D eigenvalue weighted by Crippen LogP contribution is -2.02. The number of H-pyrrole nitrogens is 1. The zero-order chi connectivity index (χ0) is 21.5. The number of anilines is 1. The molecule has 6 nitrogen and oxygen atoms in total. The number of benzene rings is 2.